The van der Waals surface area contributed by atoms with E-state index < -0.39 is 5.97 Å². The Morgan fingerprint density at radius 2 is 1.70 bits per heavy atom. The molecule has 166 valence electrons. The van der Waals surface area contributed by atoms with Crippen LogP contribution in [0.2, 0.25) is 0 Å². The summed E-state index contributed by atoms with van der Waals surface area (Å²) in [5.41, 5.74) is 3.85. The fourth-order valence-corrected chi connectivity index (χ4v) is 4.84. The predicted molar refractivity (Wildman–Crippen MR) is 131 cm³/mol. The highest BCUT2D eigenvalue weighted by Crippen LogP contribution is 2.40. The number of carbonyl (C=O) groups is 1. The second kappa shape index (κ2) is 9.08. The number of nitrogens with one attached hydrogen (secondary N) is 1. The Balaban J connectivity index is 1.35. The third kappa shape index (κ3) is 4.35. The Morgan fingerprint density at radius 3 is 2.52 bits per heavy atom. The molecule has 4 nitrogen and oxygen atoms in total. The number of fused-ring (bicyclic) bond motifs is 2. The van der Waals surface area contributed by atoms with E-state index in [4.69, 9.17) is 4.74 Å². The van der Waals surface area contributed by atoms with E-state index in [0.717, 1.165) is 29.8 Å². The number of carboxylic acid groups (broad SMARTS) is 1. The lowest BCUT2D eigenvalue weighted by Gasteiger charge is -2.33. The first-order chi connectivity index (χ1) is 16.1. The van der Waals surface area contributed by atoms with E-state index in [1.807, 2.05) is 30.3 Å². The molecular weight excluding hydrogens is 410 g/mol. The van der Waals surface area contributed by atoms with Crippen molar-refractivity contribution < 1.29 is 14.6 Å². The van der Waals surface area contributed by atoms with Gasteiger partial charge in [0.25, 0.3) is 0 Å². The smallest absolute Gasteiger partial charge is 0.335 e. The van der Waals surface area contributed by atoms with Gasteiger partial charge in [0.2, 0.25) is 0 Å². The zero-order chi connectivity index (χ0) is 22.8. The zero-order valence-electron chi connectivity index (χ0n) is 18.6. The summed E-state index contributed by atoms with van der Waals surface area (Å²) < 4.78 is 6.36. The highest BCUT2D eigenvalue weighted by molar-refractivity contribution is 5.87. The maximum Gasteiger partial charge on any atom is 0.335 e. The van der Waals surface area contributed by atoms with E-state index in [9.17, 15) is 9.90 Å². The van der Waals surface area contributed by atoms with Crippen LogP contribution in [-0.2, 0) is 0 Å². The van der Waals surface area contributed by atoms with Crippen LogP contribution in [0.15, 0.2) is 91.0 Å². The van der Waals surface area contributed by atoms with Gasteiger partial charge in [0.15, 0.2) is 0 Å². The van der Waals surface area contributed by atoms with Gasteiger partial charge in [-0.05, 0) is 53.4 Å². The third-order valence-electron chi connectivity index (χ3n) is 6.59. The second-order valence-corrected chi connectivity index (χ2v) is 8.69. The molecule has 0 aliphatic carbocycles. The molecule has 0 aromatic heterocycles. The largest absolute Gasteiger partial charge is 0.489 e. The minimum atomic E-state index is -0.904. The number of carboxylic acids is 1. The molecule has 3 atom stereocenters. The van der Waals surface area contributed by atoms with Gasteiger partial charge < -0.3 is 15.2 Å². The van der Waals surface area contributed by atoms with Gasteiger partial charge in [-0.1, -0.05) is 72.8 Å². The molecule has 2 N–H and O–H groups in total. The molecule has 4 aromatic rings. The minimum absolute atomic E-state index is 0.0153. The van der Waals surface area contributed by atoms with E-state index >= 15 is 0 Å². The molecule has 0 saturated carbocycles. The van der Waals surface area contributed by atoms with Crippen molar-refractivity contribution in [2.45, 2.75) is 31.4 Å². The van der Waals surface area contributed by atoms with Crippen LogP contribution >= 0.6 is 0 Å². The molecule has 0 radical (unpaired) electrons. The molecule has 0 bridgehead atoms. The Bertz CT molecular complexity index is 1280. The number of hydrogen-bond acceptors (Lipinski definition) is 3. The Labute approximate surface area is 193 Å². The van der Waals surface area contributed by atoms with E-state index in [1.165, 1.54) is 16.3 Å². The fourth-order valence-electron chi connectivity index (χ4n) is 4.84. The number of rotatable bonds is 6. The molecule has 4 aromatic carbocycles. The van der Waals surface area contributed by atoms with Crippen molar-refractivity contribution in [1.82, 2.24) is 5.32 Å². The van der Waals surface area contributed by atoms with Gasteiger partial charge in [-0.25, -0.2) is 4.79 Å². The van der Waals surface area contributed by atoms with Crippen molar-refractivity contribution in [2.24, 2.45) is 0 Å². The summed E-state index contributed by atoms with van der Waals surface area (Å²) in [5, 5.41) is 15.4. The first kappa shape index (κ1) is 21.2. The average Bonchev–Trinajstić information content (AvgIpc) is 2.86. The number of benzene rings is 4. The lowest BCUT2D eigenvalue weighted by atomic mass is 9.84. The predicted octanol–water partition coefficient (Wildman–Crippen LogP) is 6.17. The maximum absolute atomic E-state index is 11.3. The van der Waals surface area contributed by atoms with E-state index in [0.29, 0.717) is 5.56 Å². The normalized spacial score (nSPS) is 18.3. The van der Waals surface area contributed by atoms with Crippen molar-refractivity contribution in [3.05, 3.63) is 113 Å². The average molecular weight is 438 g/mol. The summed E-state index contributed by atoms with van der Waals surface area (Å²) >= 11 is 0. The molecular formula is C29H27NO3. The van der Waals surface area contributed by atoms with Crippen molar-refractivity contribution in [3.8, 4) is 5.75 Å². The molecule has 0 amide bonds. The van der Waals surface area contributed by atoms with Crippen molar-refractivity contribution in [1.29, 1.82) is 0 Å². The van der Waals surface area contributed by atoms with Crippen LogP contribution in [0.1, 0.15) is 52.4 Å². The molecule has 33 heavy (non-hydrogen) atoms. The second-order valence-electron chi connectivity index (χ2n) is 8.69. The van der Waals surface area contributed by atoms with Crippen molar-refractivity contribution in [2.75, 3.05) is 6.54 Å². The first-order valence-corrected chi connectivity index (χ1v) is 11.4. The molecule has 0 spiro atoms. The number of ether oxygens (including phenoxy) is 1. The van der Waals surface area contributed by atoms with E-state index in [1.54, 1.807) is 12.1 Å². The van der Waals surface area contributed by atoms with Crippen molar-refractivity contribution in [3.63, 3.8) is 0 Å². The molecule has 0 saturated heterocycles. The summed E-state index contributed by atoms with van der Waals surface area (Å²) in [7, 11) is 0. The molecule has 0 fully saturated rings. The SMILES string of the molecule is CC(NC[C@H]1C[C@@H](c2ccc(C(=O)O)cc2)c2ccccc2O1)c1cccc2ccccc12. The summed E-state index contributed by atoms with van der Waals surface area (Å²) in [5.74, 6) is 0.163. The topological polar surface area (TPSA) is 58.6 Å². The van der Waals surface area contributed by atoms with Gasteiger partial charge in [0, 0.05) is 24.1 Å². The molecule has 1 aliphatic heterocycles. The highest BCUT2D eigenvalue weighted by atomic mass is 16.5. The minimum Gasteiger partial charge on any atom is -0.489 e. The number of hydrogen-bond donors (Lipinski definition) is 2. The monoisotopic (exact) mass is 437 g/mol. The van der Waals surface area contributed by atoms with Gasteiger partial charge in [-0.3, -0.25) is 0 Å². The lowest BCUT2D eigenvalue weighted by Crippen LogP contribution is -2.37. The van der Waals surface area contributed by atoms with Crippen LogP contribution in [0, 0.1) is 0 Å². The number of para-hydroxylation sites is 1. The van der Waals surface area contributed by atoms with Crippen molar-refractivity contribution >= 4 is 16.7 Å². The fraction of sp³-hybridized carbons (Fsp3) is 0.207. The standard InChI is InChI=1S/C29H27NO3/c1-19(24-11-6-8-20-7-2-3-9-25(20)24)30-18-23-17-27(26-10-4-5-12-28(26)33-23)21-13-15-22(16-14-21)29(31)32/h2-16,19,23,27,30H,17-18H2,1H3,(H,31,32)/t19?,23-,27+/m1/s1. The van der Waals surface area contributed by atoms with Crippen LogP contribution in [0.5, 0.6) is 5.75 Å². The third-order valence-corrected chi connectivity index (χ3v) is 6.59. The van der Waals surface area contributed by atoms with E-state index in [2.05, 4.69) is 60.8 Å². The van der Waals surface area contributed by atoms with Crippen LogP contribution in [-0.4, -0.2) is 23.7 Å². The van der Waals surface area contributed by atoms with Gasteiger partial charge in [-0.15, -0.1) is 0 Å². The Morgan fingerprint density at radius 1 is 0.970 bits per heavy atom. The Kier molecular flexibility index (Phi) is 5.84. The van der Waals surface area contributed by atoms with Gasteiger partial charge in [-0.2, -0.15) is 0 Å². The lowest BCUT2D eigenvalue weighted by molar-refractivity contribution is 0.0697. The highest BCUT2D eigenvalue weighted by Gasteiger charge is 2.29. The van der Waals surface area contributed by atoms with Gasteiger partial charge in [0.05, 0.1) is 5.56 Å². The summed E-state index contributed by atoms with van der Waals surface area (Å²) in [6.07, 6.45) is 0.847. The molecule has 1 unspecified atom stereocenters. The van der Waals surface area contributed by atoms with Gasteiger partial charge >= 0.3 is 5.97 Å². The quantitative estimate of drug-likeness (QED) is 0.379. The summed E-state index contributed by atoms with van der Waals surface area (Å²) in [6.45, 7) is 2.92. The van der Waals surface area contributed by atoms with E-state index in [-0.39, 0.29) is 18.1 Å². The maximum atomic E-state index is 11.3. The van der Waals surface area contributed by atoms with Crippen LogP contribution < -0.4 is 10.1 Å². The van der Waals surface area contributed by atoms with Gasteiger partial charge in [0.1, 0.15) is 11.9 Å². The summed E-state index contributed by atoms with van der Waals surface area (Å²) in [6, 6.07) is 30.5. The Hall–Kier alpha value is -3.63. The van der Waals surface area contributed by atoms with Crippen LogP contribution in [0.4, 0.5) is 0 Å². The zero-order valence-corrected chi connectivity index (χ0v) is 18.6. The molecule has 5 rings (SSSR count). The molecule has 1 aliphatic rings. The summed E-state index contributed by atoms with van der Waals surface area (Å²) in [4.78, 5) is 11.3. The molecule has 1 heterocycles. The molecule has 4 heteroatoms. The first-order valence-electron chi connectivity index (χ1n) is 11.4. The van der Waals surface area contributed by atoms with Crippen LogP contribution in [0.25, 0.3) is 10.8 Å². The van der Waals surface area contributed by atoms with Crippen LogP contribution in [0.3, 0.4) is 0 Å². The number of aromatic carboxylic acids is 1.